The summed E-state index contributed by atoms with van der Waals surface area (Å²) in [5.74, 6) is 2.26. The zero-order valence-electron chi connectivity index (χ0n) is 24.1. The third kappa shape index (κ3) is 9.43. The van der Waals surface area contributed by atoms with Crippen molar-refractivity contribution in [3.63, 3.8) is 0 Å². The smallest absolute Gasteiger partial charge is 0.319 e. The minimum atomic E-state index is -0.307. The lowest BCUT2D eigenvalue weighted by Crippen LogP contribution is -2.31. The van der Waals surface area contributed by atoms with Gasteiger partial charge in [-0.3, -0.25) is 4.98 Å². The van der Waals surface area contributed by atoms with E-state index in [1.165, 1.54) is 0 Å². The number of carbonyl (C=O) groups excluding carboxylic acids is 1. The van der Waals surface area contributed by atoms with Gasteiger partial charge in [0.2, 0.25) is 0 Å². The van der Waals surface area contributed by atoms with Crippen LogP contribution < -0.4 is 24.8 Å². The molecule has 3 aromatic rings. The molecule has 0 bridgehead atoms. The summed E-state index contributed by atoms with van der Waals surface area (Å²) in [4.78, 5) is 18.9. The Kier molecular flexibility index (Phi) is 11.7. The van der Waals surface area contributed by atoms with Crippen molar-refractivity contribution in [2.45, 2.75) is 40.5 Å². The number of fused-ring (bicyclic) bond motifs is 1. The van der Waals surface area contributed by atoms with E-state index in [0.717, 1.165) is 31.3 Å². The van der Waals surface area contributed by atoms with Crippen molar-refractivity contribution in [1.82, 2.24) is 15.2 Å². The van der Waals surface area contributed by atoms with Crippen molar-refractivity contribution in [1.29, 1.82) is 0 Å². The molecule has 0 saturated carbocycles. The highest BCUT2D eigenvalue weighted by atomic mass is 35.5. The number of rotatable bonds is 14. The second-order valence-corrected chi connectivity index (χ2v) is 11.0. The van der Waals surface area contributed by atoms with Crippen LogP contribution in [0.1, 0.15) is 40.5 Å². The molecule has 0 spiro atoms. The third-order valence-electron chi connectivity index (χ3n) is 6.30. The van der Waals surface area contributed by atoms with Gasteiger partial charge in [-0.25, -0.2) is 4.79 Å². The number of pyridine rings is 1. The summed E-state index contributed by atoms with van der Waals surface area (Å²) in [6, 6.07) is 10.2. The molecule has 2 aromatic carbocycles. The number of hydrogen-bond donors (Lipinski definition) is 3. The number of methoxy groups -OCH3 is 1. The van der Waals surface area contributed by atoms with E-state index >= 15 is 0 Å². The standard InChI is InChI=1S/C30H41ClN4O5/c1-6-35(15-16-36)14-7-17-39-28-20-25-22(19-27(28)38-5)26(10-12-32-25)40-21-8-9-24(23(31)18-21)34-29(37)33-13-11-30(2,3)4/h8-10,12,18-20,36H,6-7,11,13-17H2,1-5H3,(H2,33,34,37). The maximum atomic E-state index is 12.3. The summed E-state index contributed by atoms with van der Waals surface area (Å²) < 4.78 is 17.8. The third-order valence-corrected chi connectivity index (χ3v) is 6.62. The number of aromatic nitrogens is 1. The normalized spacial score (nSPS) is 11.5. The summed E-state index contributed by atoms with van der Waals surface area (Å²) in [6.07, 6.45) is 3.35. The Morgan fingerprint density at radius 3 is 2.58 bits per heavy atom. The lowest BCUT2D eigenvalue weighted by Gasteiger charge is -2.19. The molecule has 40 heavy (non-hydrogen) atoms. The van der Waals surface area contributed by atoms with Gasteiger partial charge in [-0.2, -0.15) is 0 Å². The molecular formula is C30H41ClN4O5. The van der Waals surface area contributed by atoms with E-state index in [1.54, 1.807) is 37.6 Å². The number of likely N-dealkylation sites (N-methyl/N-ethyl adjacent to an activating group) is 1. The topological polar surface area (TPSA) is 105 Å². The summed E-state index contributed by atoms with van der Waals surface area (Å²) in [5, 5.41) is 15.9. The molecule has 9 nitrogen and oxygen atoms in total. The molecule has 0 atom stereocenters. The molecule has 0 aliphatic rings. The first kappa shape index (κ1) is 31.3. The second-order valence-electron chi connectivity index (χ2n) is 10.6. The van der Waals surface area contributed by atoms with Gasteiger partial charge < -0.3 is 34.9 Å². The molecule has 3 N–H and O–H groups in total. The number of nitrogens with zero attached hydrogens (tertiary/aromatic N) is 2. The summed E-state index contributed by atoms with van der Waals surface area (Å²) in [5.41, 5.74) is 1.32. The summed E-state index contributed by atoms with van der Waals surface area (Å²) >= 11 is 6.45. The lowest BCUT2D eigenvalue weighted by molar-refractivity contribution is 0.188. The van der Waals surface area contributed by atoms with Gasteiger partial charge in [0.15, 0.2) is 11.5 Å². The van der Waals surface area contributed by atoms with Crippen molar-refractivity contribution < 1.29 is 24.1 Å². The number of benzene rings is 2. The molecular weight excluding hydrogens is 532 g/mol. The maximum absolute atomic E-state index is 12.3. The first-order valence-corrected chi connectivity index (χ1v) is 14.0. The van der Waals surface area contributed by atoms with E-state index in [4.69, 9.17) is 30.9 Å². The number of nitrogens with one attached hydrogen (secondary N) is 2. The molecule has 1 aromatic heterocycles. The summed E-state index contributed by atoms with van der Waals surface area (Å²) in [7, 11) is 1.59. The van der Waals surface area contributed by atoms with Crippen molar-refractivity contribution in [3.8, 4) is 23.0 Å². The number of aliphatic hydroxyl groups excluding tert-OH is 1. The monoisotopic (exact) mass is 572 g/mol. The van der Waals surface area contributed by atoms with Gasteiger partial charge in [-0.1, -0.05) is 39.3 Å². The van der Waals surface area contributed by atoms with Crippen molar-refractivity contribution >= 4 is 34.2 Å². The Labute approximate surface area is 241 Å². The fraction of sp³-hybridized carbons (Fsp3) is 0.467. The Morgan fingerprint density at radius 1 is 1.10 bits per heavy atom. The fourth-order valence-corrected chi connectivity index (χ4v) is 4.25. The van der Waals surface area contributed by atoms with E-state index in [2.05, 4.69) is 48.2 Å². The number of urea groups is 1. The van der Waals surface area contributed by atoms with Gasteiger partial charge in [-0.15, -0.1) is 0 Å². The molecule has 0 aliphatic carbocycles. The molecule has 0 fully saturated rings. The molecule has 0 aliphatic heterocycles. The minimum Gasteiger partial charge on any atom is -0.493 e. The van der Waals surface area contributed by atoms with Gasteiger partial charge in [0.1, 0.15) is 11.5 Å². The van der Waals surface area contributed by atoms with Crippen LogP contribution >= 0.6 is 11.6 Å². The molecule has 0 unspecified atom stereocenters. The largest absolute Gasteiger partial charge is 0.493 e. The van der Waals surface area contributed by atoms with Gasteiger partial charge in [-0.05, 0) is 49.1 Å². The van der Waals surface area contributed by atoms with Gasteiger partial charge in [0.05, 0.1) is 36.6 Å². The fourth-order valence-electron chi connectivity index (χ4n) is 4.03. The minimum absolute atomic E-state index is 0.136. The number of amides is 2. The summed E-state index contributed by atoms with van der Waals surface area (Å²) in [6.45, 7) is 12.0. The Bertz CT molecular complexity index is 1260. The Balaban J connectivity index is 1.67. The molecule has 1 heterocycles. The van der Waals surface area contributed by atoms with E-state index in [9.17, 15) is 4.79 Å². The predicted molar refractivity (Wildman–Crippen MR) is 160 cm³/mol. The first-order valence-electron chi connectivity index (χ1n) is 13.6. The number of ether oxygens (including phenoxy) is 3. The van der Waals surface area contributed by atoms with Crippen molar-refractivity contribution in [3.05, 3.63) is 47.6 Å². The molecule has 3 rings (SSSR count). The van der Waals surface area contributed by atoms with E-state index < -0.39 is 0 Å². The number of halogens is 1. The second kappa shape index (κ2) is 14.9. The van der Waals surface area contributed by atoms with E-state index in [1.807, 2.05) is 12.1 Å². The van der Waals surface area contributed by atoms with Gasteiger partial charge in [0, 0.05) is 43.4 Å². The zero-order valence-corrected chi connectivity index (χ0v) is 24.8. The molecule has 218 valence electrons. The molecule has 10 heteroatoms. The average molecular weight is 573 g/mol. The van der Waals surface area contributed by atoms with Crippen LogP contribution in [0, 0.1) is 5.41 Å². The molecule has 2 amide bonds. The molecule has 0 saturated heterocycles. The van der Waals surface area contributed by atoms with E-state index in [-0.39, 0.29) is 18.1 Å². The highest BCUT2D eigenvalue weighted by Gasteiger charge is 2.14. The van der Waals surface area contributed by atoms with Crippen LogP contribution in [0.25, 0.3) is 10.9 Å². The Hall–Kier alpha value is -3.27. The van der Waals surface area contributed by atoms with Crippen molar-refractivity contribution in [2.24, 2.45) is 5.41 Å². The quantitative estimate of drug-likeness (QED) is 0.194. The zero-order chi connectivity index (χ0) is 29.1. The number of aliphatic hydroxyl groups is 1. The average Bonchev–Trinajstić information content (AvgIpc) is 2.91. The maximum Gasteiger partial charge on any atom is 0.319 e. The highest BCUT2D eigenvalue weighted by Crippen LogP contribution is 2.38. The lowest BCUT2D eigenvalue weighted by atomic mass is 9.92. The first-order chi connectivity index (χ1) is 19.1. The molecule has 0 radical (unpaired) electrons. The van der Waals surface area contributed by atoms with Crippen molar-refractivity contribution in [2.75, 3.05) is 51.8 Å². The number of hydrogen-bond acceptors (Lipinski definition) is 7. The van der Waals surface area contributed by atoms with Crippen LogP contribution in [-0.2, 0) is 0 Å². The van der Waals surface area contributed by atoms with E-state index in [0.29, 0.717) is 58.9 Å². The van der Waals surface area contributed by atoms with Crippen LogP contribution in [-0.4, -0.2) is 67.5 Å². The van der Waals surface area contributed by atoms with Crippen LogP contribution in [0.2, 0.25) is 5.02 Å². The van der Waals surface area contributed by atoms with Gasteiger partial charge in [0.25, 0.3) is 0 Å². The van der Waals surface area contributed by atoms with Crippen LogP contribution in [0.4, 0.5) is 10.5 Å². The van der Waals surface area contributed by atoms with Crippen LogP contribution in [0.15, 0.2) is 42.6 Å². The SMILES string of the molecule is CCN(CCO)CCCOc1cc2nccc(Oc3ccc(NC(=O)NCCC(C)(C)C)c(Cl)c3)c2cc1OC. The van der Waals surface area contributed by atoms with Gasteiger partial charge >= 0.3 is 6.03 Å². The highest BCUT2D eigenvalue weighted by molar-refractivity contribution is 6.33. The Morgan fingerprint density at radius 2 is 1.90 bits per heavy atom. The number of anilines is 1. The van der Waals surface area contributed by atoms with Crippen LogP contribution in [0.5, 0.6) is 23.0 Å². The van der Waals surface area contributed by atoms with Crippen LogP contribution in [0.3, 0.4) is 0 Å². The number of carbonyl (C=O) groups is 1. The predicted octanol–water partition coefficient (Wildman–Crippen LogP) is 6.33.